The van der Waals surface area contributed by atoms with Crippen molar-refractivity contribution in [2.45, 2.75) is 65.7 Å². The number of nitrogens with two attached hydrogens (primary N) is 1. The Morgan fingerprint density at radius 3 is 2.42 bits per heavy atom. The number of pyridine rings is 1. The highest BCUT2D eigenvalue weighted by Gasteiger charge is 2.25. The third-order valence-corrected chi connectivity index (χ3v) is 7.03. The quantitative estimate of drug-likeness (QED) is 0.353. The Kier molecular flexibility index (Phi) is 9.17. The van der Waals surface area contributed by atoms with Crippen LogP contribution in [0.5, 0.6) is 0 Å². The van der Waals surface area contributed by atoms with Crippen LogP contribution >= 0.6 is 0 Å². The van der Waals surface area contributed by atoms with Gasteiger partial charge in [0.25, 0.3) is 0 Å². The zero-order valence-electron chi connectivity index (χ0n) is 22.6. The molecule has 3 aromatic rings. The second-order valence-corrected chi connectivity index (χ2v) is 10.5. The smallest absolute Gasteiger partial charge is 0.152 e. The highest BCUT2D eigenvalue weighted by atomic mass is 16.5. The number of rotatable bonds is 13. The summed E-state index contributed by atoms with van der Waals surface area (Å²) in [5, 5.41) is 1.05. The van der Waals surface area contributed by atoms with E-state index in [-0.39, 0.29) is 5.60 Å². The second-order valence-electron chi connectivity index (χ2n) is 10.5. The second kappa shape index (κ2) is 12.3. The fourth-order valence-corrected chi connectivity index (χ4v) is 5.14. The Balaban J connectivity index is 1.39. The van der Waals surface area contributed by atoms with E-state index < -0.39 is 0 Å². The van der Waals surface area contributed by atoms with E-state index in [1.54, 1.807) is 0 Å². The van der Waals surface area contributed by atoms with E-state index in [2.05, 4.69) is 46.2 Å². The van der Waals surface area contributed by atoms with E-state index in [1.807, 2.05) is 25.1 Å². The van der Waals surface area contributed by atoms with Gasteiger partial charge in [0.05, 0.1) is 23.2 Å². The molecule has 1 saturated heterocycles. The summed E-state index contributed by atoms with van der Waals surface area (Å²) in [6.45, 7) is 18.2. The van der Waals surface area contributed by atoms with Crippen LogP contribution in [0.4, 0.5) is 5.82 Å². The fourth-order valence-electron chi connectivity index (χ4n) is 5.14. The minimum Gasteiger partial charge on any atom is -0.382 e. The number of anilines is 1. The molecule has 0 unspecified atom stereocenters. The van der Waals surface area contributed by atoms with E-state index in [4.69, 9.17) is 20.2 Å². The van der Waals surface area contributed by atoms with Crippen LogP contribution in [-0.2, 0) is 22.6 Å². The summed E-state index contributed by atoms with van der Waals surface area (Å²) in [7, 11) is 0. The molecule has 2 N–H and O–H groups in total. The lowest BCUT2D eigenvalue weighted by atomic mass is 10.1. The standard InChI is InChI=1S/C28H44N6O2/c1-5-13-32-15-17-33(18-16-32)14-9-10-19-36-28(3,4)21-34-24(20-35-6-2)31-25-26(34)22-11-7-8-12-23(22)30-27(25)29/h7-8,11-12H,5-6,9-10,13-21H2,1-4H3,(H2,29,30). The maximum atomic E-state index is 6.43. The third-order valence-electron chi connectivity index (χ3n) is 7.03. The number of piperazine rings is 1. The molecule has 0 bridgehead atoms. The van der Waals surface area contributed by atoms with Gasteiger partial charge in [-0.1, -0.05) is 25.1 Å². The Hall–Kier alpha value is -2.26. The van der Waals surface area contributed by atoms with Crippen molar-refractivity contribution >= 4 is 27.8 Å². The molecule has 3 heterocycles. The predicted octanol–water partition coefficient (Wildman–Crippen LogP) is 4.31. The average molecular weight is 497 g/mol. The van der Waals surface area contributed by atoms with Crippen molar-refractivity contribution in [2.75, 3.05) is 58.2 Å². The lowest BCUT2D eigenvalue weighted by molar-refractivity contribution is -0.0321. The Bertz CT molecular complexity index is 1120. The van der Waals surface area contributed by atoms with Crippen molar-refractivity contribution < 1.29 is 9.47 Å². The molecular formula is C28H44N6O2. The van der Waals surface area contributed by atoms with E-state index in [1.165, 1.54) is 45.6 Å². The van der Waals surface area contributed by atoms with Crippen molar-refractivity contribution in [2.24, 2.45) is 0 Å². The van der Waals surface area contributed by atoms with Crippen LogP contribution in [0.3, 0.4) is 0 Å². The summed E-state index contributed by atoms with van der Waals surface area (Å²) in [5.41, 5.74) is 8.58. The molecule has 36 heavy (non-hydrogen) atoms. The number of hydrogen-bond donors (Lipinski definition) is 1. The fraction of sp³-hybridized carbons (Fsp3) is 0.643. The number of benzene rings is 1. The molecule has 198 valence electrons. The molecular weight excluding hydrogens is 452 g/mol. The highest BCUT2D eigenvalue weighted by molar-refractivity contribution is 6.06. The van der Waals surface area contributed by atoms with Crippen LogP contribution in [0, 0.1) is 0 Å². The number of ether oxygens (including phenoxy) is 2. The topological polar surface area (TPSA) is 81.7 Å². The molecule has 8 heteroatoms. The van der Waals surface area contributed by atoms with Crippen molar-refractivity contribution in [1.29, 1.82) is 0 Å². The number of unbranched alkanes of at least 4 members (excludes halogenated alkanes) is 1. The predicted molar refractivity (Wildman–Crippen MR) is 147 cm³/mol. The Morgan fingerprint density at radius 1 is 0.972 bits per heavy atom. The minimum atomic E-state index is -0.362. The van der Waals surface area contributed by atoms with Gasteiger partial charge in [-0.25, -0.2) is 9.97 Å². The molecule has 0 radical (unpaired) electrons. The number of aromatic nitrogens is 3. The van der Waals surface area contributed by atoms with Crippen molar-refractivity contribution in [3.05, 3.63) is 30.1 Å². The number of fused-ring (bicyclic) bond motifs is 3. The molecule has 0 aliphatic carbocycles. The van der Waals surface area contributed by atoms with Crippen LogP contribution in [-0.4, -0.2) is 82.4 Å². The number of para-hydroxylation sites is 1. The van der Waals surface area contributed by atoms with E-state index >= 15 is 0 Å². The van der Waals surface area contributed by atoms with E-state index in [9.17, 15) is 0 Å². The molecule has 0 atom stereocenters. The van der Waals surface area contributed by atoms with Crippen LogP contribution < -0.4 is 5.73 Å². The molecule has 4 rings (SSSR count). The zero-order chi connectivity index (χ0) is 25.5. The van der Waals surface area contributed by atoms with Gasteiger partial charge in [0.15, 0.2) is 5.82 Å². The van der Waals surface area contributed by atoms with Gasteiger partial charge in [-0.2, -0.15) is 0 Å². The van der Waals surface area contributed by atoms with Gasteiger partial charge < -0.3 is 29.6 Å². The number of nitrogens with zero attached hydrogens (tertiary/aromatic N) is 5. The van der Waals surface area contributed by atoms with Gasteiger partial charge >= 0.3 is 0 Å². The SMILES string of the molecule is CCCN1CCN(CCCCOC(C)(C)Cn2c(COCC)nc3c(N)nc4ccccc4c32)CC1. The van der Waals surface area contributed by atoms with Gasteiger partial charge in [-0.3, -0.25) is 0 Å². The molecule has 1 aromatic carbocycles. The summed E-state index contributed by atoms with van der Waals surface area (Å²) in [6, 6.07) is 8.10. The number of imidazole rings is 1. The van der Waals surface area contributed by atoms with Crippen molar-refractivity contribution in [3.8, 4) is 0 Å². The molecule has 0 spiro atoms. The maximum Gasteiger partial charge on any atom is 0.152 e. The number of hydrogen-bond acceptors (Lipinski definition) is 7. The van der Waals surface area contributed by atoms with Crippen LogP contribution in [0.2, 0.25) is 0 Å². The van der Waals surface area contributed by atoms with Gasteiger partial charge in [0.1, 0.15) is 17.9 Å². The summed E-state index contributed by atoms with van der Waals surface area (Å²) >= 11 is 0. The van der Waals surface area contributed by atoms with Crippen LogP contribution in [0.25, 0.3) is 21.9 Å². The molecule has 1 fully saturated rings. The first-order valence-electron chi connectivity index (χ1n) is 13.6. The Morgan fingerprint density at radius 2 is 1.69 bits per heavy atom. The molecule has 1 aliphatic heterocycles. The van der Waals surface area contributed by atoms with Gasteiger partial charge in [-0.15, -0.1) is 0 Å². The molecule has 0 amide bonds. The maximum absolute atomic E-state index is 6.43. The van der Waals surface area contributed by atoms with E-state index in [0.29, 0.717) is 25.6 Å². The monoisotopic (exact) mass is 496 g/mol. The summed E-state index contributed by atoms with van der Waals surface area (Å²) in [4.78, 5) is 14.6. The Labute approximate surface area is 215 Å². The molecule has 1 aliphatic rings. The summed E-state index contributed by atoms with van der Waals surface area (Å²) in [6.07, 6.45) is 3.48. The lowest BCUT2D eigenvalue weighted by Crippen LogP contribution is -2.46. The van der Waals surface area contributed by atoms with Crippen molar-refractivity contribution in [1.82, 2.24) is 24.3 Å². The van der Waals surface area contributed by atoms with Crippen LogP contribution in [0.15, 0.2) is 24.3 Å². The van der Waals surface area contributed by atoms with Gasteiger partial charge in [0.2, 0.25) is 0 Å². The summed E-state index contributed by atoms with van der Waals surface area (Å²) < 4.78 is 14.4. The normalized spacial score (nSPS) is 15.9. The van der Waals surface area contributed by atoms with E-state index in [0.717, 1.165) is 47.3 Å². The third kappa shape index (κ3) is 6.54. The molecule has 8 nitrogen and oxygen atoms in total. The first kappa shape index (κ1) is 26.8. The first-order chi connectivity index (χ1) is 17.4. The minimum absolute atomic E-state index is 0.362. The van der Waals surface area contributed by atoms with Gasteiger partial charge in [-0.05, 0) is 59.2 Å². The highest BCUT2D eigenvalue weighted by Crippen LogP contribution is 2.30. The zero-order valence-corrected chi connectivity index (χ0v) is 22.6. The average Bonchev–Trinajstić information content (AvgIpc) is 3.22. The molecule has 0 saturated carbocycles. The van der Waals surface area contributed by atoms with Crippen LogP contribution in [0.1, 0.15) is 52.8 Å². The van der Waals surface area contributed by atoms with Crippen molar-refractivity contribution in [3.63, 3.8) is 0 Å². The summed E-state index contributed by atoms with van der Waals surface area (Å²) in [5.74, 6) is 1.31. The largest absolute Gasteiger partial charge is 0.382 e. The first-order valence-corrected chi connectivity index (χ1v) is 13.6. The molecule has 2 aromatic heterocycles. The number of nitrogen functional groups attached to an aromatic ring is 1. The lowest BCUT2D eigenvalue weighted by Gasteiger charge is -2.34. The van der Waals surface area contributed by atoms with Gasteiger partial charge in [0, 0.05) is 44.8 Å².